The quantitative estimate of drug-likeness (QED) is 0.838. The number of hydrogen-bond acceptors (Lipinski definition) is 3. The molecule has 0 saturated heterocycles. The van der Waals surface area contributed by atoms with E-state index in [9.17, 15) is 17.6 Å². The van der Waals surface area contributed by atoms with E-state index in [4.69, 9.17) is 11.6 Å². The molecule has 0 aliphatic carbocycles. The zero-order valence-electron chi connectivity index (χ0n) is 13.0. The van der Waals surface area contributed by atoms with Gasteiger partial charge in [-0.05, 0) is 42.5 Å². The molecule has 5 nitrogen and oxygen atoms in total. The molecule has 2 rings (SSSR count). The fraction of sp³-hybridized carbons (Fsp3) is 0.188. The molecule has 0 spiro atoms. The standard InChI is InChI=1S/C16H16ClFN2O3S/c1-10(2)16(21)19-11-3-5-12(6-4-11)20-24(22,23)13-7-8-15(18)14(17)9-13/h3-10,20H,1-2H3,(H,19,21). The van der Waals surface area contributed by atoms with Crippen molar-refractivity contribution >= 4 is 38.9 Å². The van der Waals surface area contributed by atoms with Crippen LogP contribution in [0, 0.1) is 11.7 Å². The maximum Gasteiger partial charge on any atom is 0.261 e. The second-order valence-corrected chi connectivity index (χ2v) is 7.49. The lowest BCUT2D eigenvalue weighted by Gasteiger charge is -2.11. The average molecular weight is 371 g/mol. The molecule has 0 bridgehead atoms. The fourth-order valence-corrected chi connectivity index (χ4v) is 3.10. The number of nitrogens with one attached hydrogen (secondary N) is 2. The third-order valence-corrected chi connectivity index (χ3v) is 4.80. The van der Waals surface area contributed by atoms with E-state index in [1.165, 1.54) is 12.1 Å². The van der Waals surface area contributed by atoms with Crippen LogP contribution in [0.1, 0.15) is 13.8 Å². The number of hydrogen-bond donors (Lipinski definition) is 2. The Labute approximate surface area is 144 Å². The first-order chi connectivity index (χ1) is 11.2. The summed E-state index contributed by atoms with van der Waals surface area (Å²) < 4.78 is 40.0. The van der Waals surface area contributed by atoms with E-state index in [2.05, 4.69) is 10.0 Å². The summed E-state index contributed by atoms with van der Waals surface area (Å²) in [6.45, 7) is 3.54. The molecule has 0 atom stereocenters. The van der Waals surface area contributed by atoms with Crippen molar-refractivity contribution in [1.29, 1.82) is 0 Å². The van der Waals surface area contributed by atoms with Crippen LogP contribution < -0.4 is 10.0 Å². The number of amides is 1. The van der Waals surface area contributed by atoms with Crippen LogP contribution in [-0.4, -0.2) is 14.3 Å². The summed E-state index contributed by atoms with van der Waals surface area (Å²) in [4.78, 5) is 11.5. The first kappa shape index (κ1) is 18.2. The van der Waals surface area contributed by atoms with Crippen LogP contribution in [0.5, 0.6) is 0 Å². The molecule has 0 aliphatic rings. The van der Waals surface area contributed by atoms with Gasteiger partial charge in [-0.25, -0.2) is 12.8 Å². The molecule has 0 aliphatic heterocycles. The van der Waals surface area contributed by atoms with Crippen molar-refractivity contribution in [2.75, 3.05) is 10.0 Å². The average Bonchev–Trinajstić information content (AvgIpc) is 2.51. The van der Waals surface area contributed by atoms with Gasteiger partial charge in [0.1, 0.15) is 5.82 Å². The summed E-state index contributed by atoms with van der Waals surface area (Å²) in [5, 5.41) is 2.43. The third kappa shape index (κ3) is 4.46. The predicted molar refractivity (Wildman–Crippen MR) is 92.1 cm³/mol. The van der Waals surface area contributed by atoms with Crippen molar-refractivity contribution in [3.05, 3.63) is 53.3 Å². The highest BCUT2D eigenvalue weighted by Gasteiger charge is 2.16. The lowest BCUT2D eigenvalue weighted by Crippen LogP contribution is -2.17. The highest BCUT2D eigenvalue weighted by molar-refractivity contribution is 7.92. The second kappa shape index (κ2) is 7.19. The Morgan fingerprint density at radius 1 is 1.08 bits per heavy atom. The fourth-order valence-electron chi connectivity index (χ4n) is 1.77. The van der Waals surface area contributed by atoms with E-state index in [0.717, 1.165) is 18.2 Å². The third-order valence-electron chi connectivity index (χ3n) is 3.13. The summed E-state index contributed by atoms with van der Waals surface area (Å²) in [6.07, 6.45) is 0. The molecule has 8 heteroatoms. The Morgan fingerprint density at radius 2 is 1.67 bits per heavy atom. The van der Waals surface area contributed by atoms with Crippen molar-refractivity contribution in [2.45, 2.75) is 18.7 Å². The first-order valence-corrected chi connectivity index (χ1v) is 8.94. The van der Waals surface area contributed by atoms with Crippen molar-refractivity contribution in [1.82, 2.24) is 0 Å². The largest absolute Gasteiger partial charge is 0.326 e. The minimum Gasteiger partial charge on any atom is -0.326 e. The van der Waals surface area contributed by atoms with Crippen molar-refractivity contribution < 1.29 is 17.6 Å². The Balaban J connectivity index is 2.15. The molecule has 2 N–H and O–H groups in total. The molecule has 0 unspecified atom stereocenters. The van der Waals surface area contributed by atoms with Crippen molar-refractivity contribution in [2.24, 2.45) is 5.92 Å². The highest BCUT2D eigenvalue weighted by Crippen LogP contribution is 2.22. The van der Waals surface area contributed by atoms with E-state index in [1.807, 2.05) is 0 Å². The number of carbonyl (C=O) groups excluding carboxylic acids is 1. The minimum absolute atomic E-state index is 0.135. The van der Waals surface area contributed by atoms with E-state index in [0.29, 0.717) is 11.4 Å². The molecular weight excluding hydrogens is 355 g/mol. The van der Waals surface area contributed by atoms with Crippen LogP contribution in [0.15, 0.2) is 47.4 Å². The molecule has 2 aromatic rings. The molecule has 2 aromatic carbocycles. The van der Waals surface area contributed by atoms with Gasteiger partial charge in [-0.3, -0.25) is 9.52 Å². The number of benzene rings is 2. The van der Waals surface area contributed by atoms with E-state index >= 15 is 0 Å². The van der Waals surface area contributed by atoms with Crippen LogP contribution >= 0.6 is 11.6 Å². The van der Waals surface area contributed by atoms with Gasteiger partial charge in [0.05, 0.1) is 9.92 Å². The van der Waals surface area contributed by atoms with Crippen molar-refractivity contribution in [3.63, 3.8) is 0 Å². The number of rotatable bonds is 5. The van der Waals surface area contributed by atoms with Gasteiger partial charge in [0.2, 0.25) is 5.91 Å². The van der Waals surface area contributed by atoms with E-state index in [-0.39, 0.29) is 21.7 Å². The molecule has 1 amide bonds. The van der Waals surface area contributed by atoms with Crippen LogP contribution in [0.3, 0.4) is 0 Å². The maximum atomic E-state index is 13.1. The maximum absolute atomic E-state index is 13.1. The normalized spacial score (nSPS) is 11.4. The van der Waals surface area contributed by atoms with E-state index in [1.54, 1.807) is 26.0 Å². The number of halogens is 2. The SMILES string of the molecule is CC(C)C(=O)Nc1ccc(NS(=O)(=O)c2ccc(F)c(Cl)c2)cc1. The van der Waals surface area contributed by atoms with Crippen molar-refractivity contribution in [3.8, 4) is 0 Å². The molecule has 24 heavy (non-hydrogen) atoms. The molecule has 128 valence electrons. The monoisotopic (exact) mass is 370 g/mol. The van der Waals surface area contributed by atoms with Crippen LogP contribution in [0.25, 0.3) is 0 Å². The summed E-state index contributed by atoms with van der Waals surface area (Å²) in [6, 6.07) is 9.33. The van der Waals surface area contributed by atoms with Gasteiger partial charge in [0.25, 0.3) is 10.0 Å². The molecule has 0 radical (unpaired) electrons. The zero-order valence-corrected chi connectivity index (χ0v) is 14.6. The Hall–Kier alpha value is -2.12. The first-order valence-electron chi connectivity index (χ1n) is 7.08. The number of anilines is 2. The molecule has 0 heterocycles. The highest BCUT2D eigenvalue weighted by atomic mass is 35.5. The number of sulfonamides is 1. The number of carbonyl (C=O) groups is 1. The van der Waals surface area contributed by atoms with Gasteiger partial charge in [0.15, 0.2) is 0 Å². The summed E-state index contributed by atoms with van der Waals surface area (Å²) in [5.74, 6) is -0.989. The van der Waals surface area contributed by atoms with Gasteiger partial charge in [-0.2, -0.15) is 0 Å². The Morgan fingerprint density at radius 3 is 2.21 bits per heavy atom. The molecular formula is C16H16ClFN2O3S. The van der Waals surface area contributed by atoms with Crippen LogP contribution in [-0.2, 0) is 14.8 Å². The Kier molecular flexibility index (Phi) is 5.46. The zero-order chi connectivity index (χ0) is 17.9. The molecule has 0 saturated carbocycles. The smallest absolute Gasteiger partial charge is 0.261 e. The van der Waals surface area contributed by atoms with Gasteiger partial charge in [0, 0.05) is 17.3 Å². The molecule has 0 aromatic heterocycles. The minimum atomic E-state index is -3.89. The topological polar surface area (TPSA) is 75.3 Å². The lowest BCUT2D eigenvalue weighted by atomic mass is 10.2. The van der Waals surface area contributed by atoms with E-state index < -0.39 is 15.8 Å². The van der Waals surface area contributed by atoms with Gasteiger partial charge < -0.3 is 5.32 Å². The van der Waals surface area contributed by atoms with Gasteiger partial charge in [-0.1, -0.05) is 25.4 Å². The lowest BCUT2D eigenvalue weighted by molar-refractivity contribution is -0.118. The van der Waals surface area contributed by atoms with Crippen LogP contribution in [0.4, 0.5) is 15.8 Å². The predicted octanol–water partition coefficient (Wildman–Crippen LogP) is 3.87. The summed E-state index contributed by atoms with van der Waals surface area (Å²) >= 11 is 5.61. The summed E-state index contributed by atoms with van der Waals surface area (Å²) in [5.41, 5.74) is 0.861. The summed E-state index contributed by atoms with van der Waals surface area (Å²) in [7, 11) is -3.89. The van der Waals surface area contributed by atoms with Gasteiger partial charge in [-0.15, -0.1) is 0 Å². The second-order valence-electron chi connectivity index (χ2n) is 5.40. The van der Waals surface area contributed by atoms with Gasteiger partial charge >= 0.3 is 0 Å². The van der Waals surface area contributed by atoms with Crippen LogP contribution in [0.2, 0.25) is 5.02 Å². The Bertz CT molecular complexity index is 852. The molecule has 0 fully saturated rings.